The first-order chi connectivity index (χ1) is 9.84. The minimum absolute atomic E-state index is 0.380. The summed E-state index contributed by atoms with van der Waals surface area (Å²) < 4.78 is 18.3. The Morgan fingerprint density at radius 2 is 2.19 bits per heavy atom. The molecular weight excluding hydrogens is 352 g/mol. The van der Waals surface area contributed by atoms with Crippen LogP contribution in [-0.2, 0) is 11.4 Å². The Hall–Kier alpha value is -0.920. The Labute approximate surface area is 135 Å². The Bertz CT molecular complexity index is 703. The van der Waals surface area contributed by atoms with Gasteiger partial charge < -0.3 is 4.55 Å². The zero-order valence-corrected chi connectivity index (χ0v) is 14.6. The van der Waals surface area contributed by atoms with Crippen molar-refractivity contribution in [3.63, 3.8) is 0 Å². The largest absolute Gasteiger partial charge is 0.591 e. The summed E-state index contributed by atoms with van der Waals surface area (Å²) in [7, 11) is 0. The predicted octanol–water partition coefficient (Wildman–Crippen LogP) is 3.25. The number of hydrogen-bond acceptors (Lipinski definition) is 4. The number of fused-ring (bicyclic) bond motifs is 1. The molecule has 0 amide bonds. The Morgan fingerprint density at radius 1 is 1.48 bits per heavy atom. The van der Waals surface area contributed by atoms with Crippen LogP contribution in [0.1, 0.15) is 50.9 Å². The van der Waals surface area contributed by atoms with Gasteiger partial charge in [-0.3, -0.25) is 0 Å². The summed E-state index contributed by atoms with van der Waals surface area (Å²) in [6.45, 7) is 5.65. The number of hydrogen-bond donors (Lipinski definition) is 0. The van der Waals surface area contributed by atoms with Crippen LogP contribution in [0.3, 0.4) is 0 Å². The van der Waals surface area contributed by atoms with Crippen LogP contribution in [0.25, 0.3) is 5.65 Å². The van der Waals surface area contributed by atoms with Crippen molar-refractivity contribution in [2.24, 2.45) is 4.40 Å². The monoisotopic (exact) mass is 368 g/mol. The smallest absolute Gasteiger partial charge is 0.197 e. The molecule has 0 unspecified atom stereocenters. The lowest BCUT2D eigenvalue weighted by Crippen LogP contribution is -2.25. The topological polar surface area (TPSA) is 65.6 Å². The highest BCUT2D eigenvalue weighted by atomic mass is 79.9. The Morgan fingerprint density at radius 3 is 2.81 bits per heavy atom. The van der Waals surface area contributed by atoms with Gasteiger partial charge in [-0.25, -0.2) is 9.50 Å². The molecular formula is C14H17BrN4OS. The third-order valence-corrected chi connectivity index (χ3v) is 5.19. The molecule has 3 rings (SSSR count). The number of rotatable bonds is 3. The fourth-order valence-electron chi connectivity index (χ4n) is 1.93. The van der Waals surface area contributed by atoms with E-state index < -0.39 is 11.4 Å². The van der Waals surface area contributed by atoms with E-state index in [1.54, 1.807) is 4.52 Å². The van der Waals surface area contributed by atoms with Crippen molar-refractivity contribution in [1.82, 2.24) is 14.6 Å². The summed E-state index contributed by atoms with van der Waals surface area (Å²) in [5.41, 5.74) is 2.03. The van der Waals surface area contributed by atoms with Gasteiger partial charge >= 0.3 is 0 Å². The van der Waals surface area contributed by atoms with Gasteiger partial charge in [-0.2, -0.15) is 0 Å². The molecule has 112 valence electrons. The van der Waals surface area contributed by atoms with Crippen LogP contribution in [0.15, 0.2) is 21.1 Å². The molecule has 2 aromatic heterocycles. The zero-order valence-electron chi connectivity index (χ0n) is 12.2. The molecule has 1 atom stereocenters. The van der Waals surface area contributed by atoms with Crippen molar-refractivity contribution >= 4 is 39.2 Å². The first-order valence-corrected chi connectivity index (χ1v) is 8.76. The van der Waals surface area contributed by atoms with E-state index in [1.807, 2.05) is 27.0 Å². The van der Waals surface area contributed by atoms with E-state index >= 15 is 0 Å². The van der Waals surface area contributed by atoms with Crippen molar-refractivity contribution in [2.45, 2.75) is 44.3 Å². The van der Waals surface area contributed by atoms with Gasteiger partial charge in [-0.05, 0) is 67.1 Å². The normalized spacial score (nSPS) is 17.8. The van der Waals surface area contributed by atoms with Gasteiger partial charge in [-0.15, -0.1) is 5.10 Å². The molecule has 0 aliphatic heterocycles. The van der Waals surface area contributed by atoms with E-state index in [1.165, 1.54) is 24.6 Å². The van der Waals surface area contributed by atoms with Gasteiger partial charge in [-0.1, -0.05) is 4.40 Å². The average molecular weight is 369 g/mol. The van der Waals surface area contributed by atoms with E-state index in [-0.39, 0.29) is 4.75 Å². The van der Waals surface area contributed by atoms with E-state index in [9.17, 15) is 4.55 Å². The minimum Gasteiger partial charge on any atom is -0.591 e. The molecule has 1 fully saturated rings. The van der Waals surface area contributed by atoms with Crippen LogP contribution in [0.5, 0.6) is 0 Å². The molecule has 0 radical (unpaired) electrons. The zero-order chi connectivity index (χ0) is 15.2. The lowest BCUT2D eigenvalue weighted by Gasteiger charge is -2.17. The molecule has 0 bridgehead atoms. The maximum Gasteiger partial charge on any atom is 0.197 e. The van der Waals surface area contributed by atoms with Gasteiger partial charge in [0.1, 0.15) is 22.3 Å². The van der Waals surface area contributed by atoms with E-state index in [2.05, 4.69) is 36.5 Å². The van der Waals surface area contributed by atoms with Crippen LogP contribution in [-0.4, -0.2) is 30.1 Å². The average Bonchev–Trinajstić information content (AvgIpc) is 3.15. The summed E-state index contributed by atoms with van der Waals surface area (Å²) in [4.78, 5) is 4.41. The van der Waals surface area contributed by atoms with Gasteiger partial charge in [0.05, 0.1) is 4.47 Å². The molecule has 1 aliphatic carbocycles. The first kappa shape index (κ1) is 15.0. The number of halogens is 1. The van der Waals surface area contributed by atoms with Crippen LogP contribution >= 0.6 is 15.9 Å². The second kappa shape index (κ2) is 5.37. The molecule has 0 saturated heterocycles. The van der Waals surface area contributed by atoms with Crippen molar-refractivity contribution in [3.05, 3.63) is 28.1 Å². The highest BCUT2D eigenvalue weighted by Crippen LogP contribution is 2.41. The molecule has 0 aromatic carbocycles. The highest BCUT2D eigenvalue weighted by molar-refractivity contribution is 9.10. The molecule has 7 heteroatoms. The van der Waals surface area contributed by atoms with Gasteiger partial charge in [0, 0.05) is 6.20 Å². The molecule has 0 N–H and O–H groups in total. The van der Waals surface area contributed by atoms with Crippen LogP contribution in [0.4, 0.5) is 0 Å². The molecule has 5 nitrogen and oxygen atoms in total. The Balaban J connectivity index is 1.90. The lowest BCUT2D eigenvalue weighted by atomic mass is 10.2. The van der Waals surface area contributed by atoms with E-state index in [4.69, 9.17) is 0 Å². The number of pyridine rings is 1. The van der Waals surface area contributed by atoms with E-state index in [0.29, 0.717) is 11.7 Å². The Kier molecular flexibility index (Phi) is 3.83. The van der Waals surface area contributed by atoms with E-state index in [0.717, 1.165) is 10.1 Å². The maximum atomic E-state index is 11.9. The number of aromatic nitrogens is 3. The quantitative estimate of drug-likeness (QED) is 0.616. The third kappa shape index (κ3) is 3.30. The molecule has 2 heterocycles. The summed E-state index contributed by atoms with van der Waals surface area (Å²) in [5.74, 6) is 1.13. The van der Waals surface area contributed by atoms with Crippen molar-refractivity contribution in [2.75, 3.05) is 0 Å². The number of nitrogens with zero attached hydrogens (tertiary/aromatic N) is 4. The van der Waals surface area contributed by atoms with Gasteiger partial charge in [0.25, 0.3) is 0 Å². The molecule has 21 heavy (non-hydrogen) atoms. The van der Waals surface area contributed by atoms with Gasteiger partial charge in [0.2, 0.25) is 0 Å². The van der Waals surface area contributed by atoms with Crippen LogP contribution < -0.4 is 0 Å². The third-order valence-electron chi connectivity index (χ3n) is 3.26. The molecule has 1 aliphatic rings. The summed E-state index contributed by atoms with van der Waals surface area (Å²) in [6, 6.07) is 2.11. The van der Waals surface area contributed by atoms with Gasteiger partial charge in [0.15, 0.2) is 11.5 Å². The summed E-state index contributed by atoms with van der Waals surface area (Å²) in [6.07, 6.45) is 5.98. The maximum absolute atomic E-state index is 11.9. The minimum atomic E-state index is -1.30. The fraction of sp³-hybridized carbons (Fsp3) is 0.500. The molecule has 0 spiro atoms. The molecule has 1 saturated carbocycles. The van der Waals surface area contributed by atoms with Crippen molar-refractivity contribution in [3.8, 4) is 0 Å². The highest BCUT2D eigenvalue weighted by Gasteiger charge is 2.26. The standard InChI is InChI=1S/C14H17BrN4OS/c1-14(2,3)21(20)16-7-12-17-13-11(15)6-10(9-4-5-9)8-19(13)18-12/h6-9H,4-5H2,1-3H3/b16-7+/t21-/m1/s1. The van der Waals surface area contributed by atoms with Crippen LogP contribution in [0.2, 0.25) is 0 Å². The fourth-order valence-corrected chi connectivity index (χ4v) is 2.97. The van der Waals surface area contributed by atoms with Crippen molar-refractivity contribution in [1.29, 1.82) is 0 Å². The second-order valence-electron chi connectivity index (χ2n) is 6.23. The molecule has 2 aromatic rings. The predicted molar refractivity (Wildman–Crippen MR) is 88.2 cm³/mol. The summed E-state index contributed by atoms with van der Waals surface area (Å²) in [5, 5.41) is 4.39. The first-order valence-electron chi connectivity index (χ1n) is 6.86. The lowest BCUT2D eigenvalue weighted by molar-refractivity contribution is 0.561. The SMILES string of the molecule is CC(C)(C)[S@@+]([O-])/N=C/c1nc2c(Br)cc(C3CC3)cn2n1. The van der Waals surface area contributed by atoms with Crippen molar-refractivity contribution < 1.29 is 4.55 Å². The second-order valence-corrected chi connectivity index (χ2v) is 9.02. The van der Waals surface area contributed by atoms with Crippen LogP contribution in [0, 0.1) is 0 Å². The summed E-state index contributed by atoms with van der Waals surface area (Å²) >= 11 is 2.24.